The maximum Gasteiger partial charge on any atom is 0.314 e. The molecule has 0 unspecified atom stereocenters. The fourth-order valence-corrected chi connectivity index (χ4v) is 4.66. The lowest BCUT2D eigenvalue weighted by atomic mass is 9.63. The minimum Gasteiger partial charge on any atom is -0.415 e. The molecule has 33 heavy (non-hydrogen) atoms. The van der Waals surface area contributed by atoms with Gasteiger partial charge in [0.15, 0.2) is 0 Å². The van der Waals surface area contributed by atoms with Crippen LogP contribution in [0.5, 0.6) is 0 Å². The van der Waals surface area contributed by atoms with Gasteiger partial charge < -0.3 is 19.0 Å². The van der Waals surface area contributed by atoms with E-state index >= 15 is 0 Å². The van der Waals surface area contributed by atoms with Crippen molar-refractivity contribution in [1.29, 1.82) is 0 Å². The van der Waals surface area contributed by atoms with Gasteiger partial charge in [0, 0.05) is 30.6 Å². The Labute approximate surface area is 190 Å². The summed E-state index contributed by atoms with van der Waals surface area (Å²) < 4.78 is 35.7. The van der Waals surface area contributed by atoms with E-state index in [0.29, 0.717) is 12.1 Å². The quantitative estimate of drug-likeness (QED) is 0.468. The van der Waals surface area contributed by atoms with E-state index in [9.17, 15) is 13.6 Å². The van der Waals surface area contributed by atoms with Gasteiger partial charge in [-0.15, -0.1) is 10.2 Å². The molecule has 1 aliphatic heterocycles. The molecule has 9 heteroatoms. The number of benzene rings is 2. The highest BCUT2D eigenvalue weighted by Crippen LogP contribution is 2.50. The number of amides is 1. The molecule has 1 spiro atoms. The van der Waals surface area contributed by atoms with Crippen LogP contribution in [0, 0.1) is 5.41 Å². The van der Waals surface area contributed by atoms with Crippen molar-refractivity contribution in [1.82, 2.24) is 10.2 Å². The van der Waals surface area contributed by atoms with E-state index in [-0.39, 0.29) is 17.3 Å². The number of hydrogen-bond acceptors (Lipinski definition) is 6. The van der Waals surface area contributed by atoms with E-state index in [1.54, 1.807) is 12.1 Å². The summed E-state index contributed by atoms with van der Waals surface area (Å²) in [7, 11) is 1.98. The molecule has 172 valence electrons. The van der Waals surface area contributed by atoms with Gasteiger partial charge in [0.1, 0.15) is 0 Å². The molecular formula is C24H24F2N4O3. The smallest absolute Gasteiger partial charge is 0.314 e. The van der Waals surface area contributed by atoms with Crippen LogP contribution in [-0.4, -0.2) is 42.9 Å². The number of anilines is 2. The van der Waals surface area contributed by atoms with Gasteiger partial charge >= 0.3 is 6.43 Å². The van der Waals surface area contributed by atoms with Crippen LogP contribution in [0.15, 0.2) is 52.9 Å². The number of carbonyl (C=O) groups is 1. The SMILES string of the molecule is CN(Cc1ccc(-c2nnc(C(F)F)o2)cc1)c1ccccc1N(C=O)C1CC2(COC2)C1. The van der Waals surface area contributed by atoms with E-state index in [0.717, 1.165) is 49.4 Å². The molecule has 0 bridgehead atoms. The lowest BCUT2D eigenvalue weighted by Crippen LogP contribution is -2.59. The van der Waals surface area contributed by atoms with E-state index in [1.807, 2.05) is 48.3 Å². The molecule has 5 rings (SSSR count). The molecule has 1 aliphatic carbocycles. The first kappa shape index (κ1) is 21.5. The molecule has 1 saturated carbocycles. The Kier molecular flexibility index (Phi) is 5.57. The van der Waals surface area contributed by atoms with Crippen molar-refractivity contribution in [3.63, 3.8) is 0 Å². The van der Waals surface area contributed by atoms with Gasteiger partial charge in [-0.1, -0.05) is 24.3 Å². The van der Waals surface area contributed by atoms with Crippen LogP contribution in [0.4, 0.5) is 20.2 Å². The Morgan fingerprint density at radius 1 is 1.09 bits per heavy atom. The highest BCUT2D eigenvalue weighted by Gasteiger charge is 2.52. The first-order valence-corrected chi connectivity index (χ1v) is 10.8. The highest BCUT2D eigenvalue weighted by molar-refractivity contribution is 5.85. The van der Waals surface area contributed by atoms with E-state index < -0.39 is 12.3 Å². The van der Waals surface area contributed by atoms with Gasteiger partial charge in [-0.2, -0.15) is 8.78 Å². The molecule has 3 aromatic rings. The van der Waals surface area contributed by atoms with Crippen LogP contribution in [0.1, 0.15) is 30.7 Å². The molecule has 0 N–H and O–H groups in total. The van der Waals surface area contributed by atoms with E-state index in [2.05, 4.69) is 15.1 Å². The summed E-state index contributed by atoms with van der Waals surface area (Å²) in [5, 5.41) is 7.05. The van der Waals surface area contributed by atoms with Gasteiger partial charge in [-0.05, 0) is 42.7 Å². The zero-order chi connectivity index (χ0) is 23.0. The normalized spacial score (nSPS) is 17.0. The van der Waals surface area contributed by atoms with Gasteiger partial charge in [0.05, 0.1) is 24.6 Å². The van der Waals surface area contributed by atoms with Crippen molar-refractivity contribution >= 4 is 17.8 Å². The topological polar surface area (TPSA) is 71.7 Å². The second kappa shape index (κ2) is 8.55. The van der Waals surface area contributed by atoms with Crippen molar-refractivity contribution in [2.45, 2.75) is 31.9 Å². The third-order valence-corrected chi connectivity index (χ3v) is 6.48. The van der Waals surface area contributed by atoms with Crippen LogP contribution in [0.3, 0.4) is 0 Å². The molecule has 1 amide bonds. The highest BCUT2D eigenvalue weighted by atomic mass is 19.3. The minimum absolute atomic E-state index is 0.0623. The Balaban J connectivity index is 1.30. The van der Waals surface area contributed by atoms with Crippen molar-refractivity contribution in [2.24, 2.45) is 5.41 Å². The average molecular weight is 454 g/mol. The van der Waals surface area contributed by atoms with E-state index in [1.165, 1.54) is 0 Å². The monoisotopic (exact) mass is 454 g/mol. The Bertz CT molecular complexity index is 1120. The zero-order valence-electron chi connectivity index (χ0n) is 18.2. The average Bonchev–Trinajstić information content (AvgIpc) is 3.26. The van der Waals surface area contributed by atoms with Crippen molar-refractivity contribution in [3.8, 4) is 11.5 Å². The second-order valence-corrected chi connectivity index (χ2v) is 8.86. The summed E-state index contributed by atoms with van der Waals surface area (Å²) in [4.78, 5) is 15.9. The third-order valence-electron chi connectivity index (χ3n) is 6.48. The van der Waals surface area contributed by atoms with Gasteiger partial charge in [-0.3, -0.25) is 4.79 Å². The van der Waals surface area contributed by atoms with Gasteiger partial charge in [0.25, 0.3) is 5.89 Å². The summed E-state index contributed by atoms with van der Waals surface area (Å²) >= 11 is 0. The van der Waals surface area contributed by atoms with Gasteiger partial charge in [-0.25, -0.2) is 0 Å². The molecule has 2 heterocycles. The van der Waals surface area contributed by atoms with Crippen LogP contribution >= 0.6 is 0 Å². The third kappa shape index (κ3) is 4.08. The summed E-state index contributed by atoms with van der Waals surface area (Å²) in [5.41, 5.74) is 3.70. The summed E-state index contributed by atoms with van der Waals surface area (Å²) in [6, 6.07) is 15.4. The molecule has 2 fully saturated rings. The largest absolute Gasteiger partial charge is 0.415 e. The van der Waals surface area contributed by atoms with E-state index in [4.69, 9.17) is 9.15 Å². The van der Waals surface area contributed by atoms with Crippen LogP contribution < -0.4 is 9.80 Å². The Morgan fingerprint density at radius 3 is 2.36 bits per heavy atom. The van der Waals surface area contributed by atoms with Crippen LogP contribution in [0.25, 0.3) is 11.5 Å². The predicted octanol–water partition coefficient (Wildman–Crippen LogP) is 4.45. The number of nitrogens with zero attached hydrogens (tertiary/aromatic N) is 4. The number of hydrogen-bond donors (Lipinski definition) is 0. The molecule has 7 nitrogen and oxygen atoms in total. The summed E-state index contributed by atoms with van der Waals surface area (Å²) in [6.45, 7) is 2.18. The van der Waals surface area contributed by atoms with Crippen molar-refractivity contribution in [2.75, 3.05) is 30.1 Å². The predicted molar refractivity (Wildman–Crippen MR) is 118 cm³/mol. The lowest BCUT2D eigenvalue weighted by Gasteiger charge is -2.55. The number of rotatable bonds is 8. The fraction of sp³-hybridized carbons (Fsp3) is 0.375. The molecule has 0 radical (unpaired) electrons. The first-order chi connectivity index (χ1) is 16.0. The first-order valence-electron chi connectivity index (χ1n) is 10.8. The summed E-state index contributed by atoms with van der Waals surface area (Å²) in [6.07, 6.45) is 0.0663. The molecule has 1 aromatic heterocycles. The minimum atomic E-state index is -2.79. The Morgan fingerprint density at radius 2 is 1.79 bits per heavy atom. The second-order valence-electron chi connectivity index (χ2n) is 8.86. The molecule has 0 atom stereocenters. The summed E-state index contributed by atoms with van der Waals surface area (Å²) in [5.74, 6) is -0.625. The molecule has 2 aromatic carbocycles. The van der Waals surface area contributed by atoms with Crippen LogP contribution in [-0.2, 0) is 16.1 Å². The standard InChI is InChI=1S/C24H24F2N4O3/c1-29(12-16-6-8-17(9-7-16)22-27-28-23(33-22)21(25)26)19-4-2-3-5-20(19)30(15-31)18-10-24(11-18)13-32-14-24/h2-9,15,18,21H,10-14H2,1H3. The van der Waals surface area contributed by atoms with Gasteiger partial charge in [0.2, 0.25) is 12.3 Å². The van der Waals surface area contributed by atoms with Crippen molar-refractivity contribution in [3.05, 3.63) is 60.0 Å². The lowest BCUT2D eigenvalue weighted by molar-refractivity contribution is -0.164. The maximum absolute atomic E-state index is 12.7. The number of alkyl halides is 2. The number of ether oxygens (including phenoxy) is 1. The number of para-hydroxylation sites is 2. The molecular weight excluding hydrogens is 430 g/mol. The number of carbonyl (C=O) groups excluding carboxylic acids is 1. The Hall–Kier alpha value is -3.33. The van der Waals surface area contributed by atoms with Crippen LogP contribution in [0.2, 0.25) is 0 Å². The van der Waals surface area contributed by atoms with Crippen molar-refractivity contribution < 1.29 is 22.7 Å². The number of halogens is 2. The molecule has 2 aliphatic rings. The number of aromatic nitrogens is 2. The molecule has 1 saturated heterocycles. The fourth-order valence-electron chi connectivity index (χ4n) is 4.66. The zero-order valence-corrected chi connectivity index (χ0v) is 18.2. The maximum atomic E-state index is 12.7.